The number of aromatic nitrogens is 3. The van der Waals surface area contributed by atoms with Gasteiger partial charge >= 0.3 is 11.7 Å². The Morgan fingerprint density at radius 2 is 1.82 bits per heavy atom. The molecular weight excluding hydrogens is 364 g/mol. The van der Waals surface area contributed by atoms with Crippen molar-refractivity contribution in [3.05, 3.63) is 67.5 Å². The molecule has 140 valence electrons. The molecule has 4 rings (SSSR count). The van der Waals surface area contributed by atoms with Crippen molar-refractivity contribution < 1.29 is 14.8 Å². The topological polar surface area (TPSA) is 142 Å². The fourth-order valence-corrected chi connectivity index (χ4v) is 3.19. The second-order valence-electron chi connectivity index (χ2n) is 6.54. The van der Waals surface area contributed by atoms with E-state index < -0.39 is 16.5 Å². The fraction of sp³-hybridized carbons (Fsp3) is 0.105. The van der Waals surface area contributed by atoms with Crippen molar-refractivity contribution in [2.24, 2.45) is 0 Å². The molecule has 0 saturated heterocycles. The van der Waals surface area contributed by atoms with Gasteiger partial charge in [0.05, 0.1) is 32.4 Å². The predicted molar refractivity (Wildman–Crippen MR) is 103 cm³/mol. The van der Waals surface area contributed by atoms with E-state index in [0.717, 1.165) is 11.1 Å². The van der Waals surface area contributed by atoms with E-state index in [4.69, 9.17) is 5.11 Å². The lowest BCUT2D eigenvalue weighted by molar-refractivity contribution is -0.382. The Morgan fingerprint density at radius 1 is 1.11 bits per heavy atom. The van der Waals surface area contributed by atoms with Gasteiger partial charge in [-0.25, -0.2) is 9.78 Å². The predicted octanol–water partition coefficient (Wildman–Crippen LogP) is 3.29. The molecule has 28 heavy (non-hydrogen) atoms. The van der Waals surface area contributed by atoms with Gasteiger partial charge in [-0.1, -0.05) is 0 Å². The molecule has 0 aliphatic heterocycles. The van der Waals surface area contributed by atoms with Crippen LogP contribution in [-0.2, 0) is 0 Å². The van der Waals surface area contributed by atoms with Gasteiger partial charge in [-0.15, -0.1) is 0 Å². The molecule has 0 bridgehead atoms. The summed E-state index contributed by atoms with van der Waals surface area (Å²) in [5, 5.41) is 21.0. The van der Waals surface area contributed by atoms with Gasteiger partial charge in [0.1, 0.15) is 5.69 Å². The van der Waals surface area contributed by atoms with Crippen LogP contribution in [0, 0.1) is 24.0 Å². The molecule has 0 aliphatic rings. The summed E-state index contributed by atoms with van der Waals surface area (Å²) in [6, 6.07) is 7.55. The number of carboxylic acids is 1. The maximum atomic E-state index is 12.6. The van der Waals surface area contributed by atoms with Gasteiger partial charge in [-0.2, -0.15) is 0 Å². The van der Waals surface area contributed by atoms with Crippen LogP contribution in [0.2, 0.25) is 0 Å². The summed E-state index contributed by atoms with van der Waals surface area (Å²) in [5.74, 6) is -1.20. The molecule has 2 aromatic heterocycles. The van der Waals surface area contributed by atoms with E-state index in [1.807, 2.05) is 13.8 Å². The second kappa shape index (κ2) is 6.02. The quantitative estimate of drug-likeness (QED) is 0.369. The van der Waals surface area contributed by atoms with Crippen molar-refractivity contribution in [2.45, 2.75) is 13.8 Å². The van der Waals surface area contributed by atoms with Gasteiger partial charge in [0.15, 0.2) is 5.69 Å². The number of carboxylic acid groups (broad SMARTS) is 1. The lowest BCUT2D eigenvalue weighted by atomic mass is 10.1. The zero-order valence-electron chi connectivity index (χ0n) is 14.9. The standard InChI is InChI=1S/C19H14N4O5/c1-8-5-13-14(6-9(8)2)22-18(24)16(21-13)15-17(23(27)28)11-7-10(19(25)26)3-4-12(11)20-15/h3-7,20H,1-2H3,(H,22,24)(H,25,26). The highest BCUT2D eigenvalue weighted by Crippen LogP contribution is 2.35. The summed E-state index contributed by atoms with van der Waals surface area (Å²) in [7, 11) is 0. The molecule has 3 N–H and O–H groups in total. The van der Waals surface area contributed by atoms with E-state index in [0.29, 0.717) is 16.6 Å². The molecule has 2 aromatic carbocycles. The maximum Gasteiger partial charge on any atom is 0.335 e. The van der Waals surface area contributed by atoms with Crippen molar-refractivity contribution in [3.63, 3.8) is 0 Å². The number of nitro groups is 1. The van der Waals surface area contributed by atoms with Crippen LogP contribution in [0.5, 0.6) is 0 Å². The Balaban J connectivity index is 2.06. The number of H-pyrrole nitrogens is 2. The van der Waals surface area contributed by atoms with Crippen LogP contribution in [0.3, 0.4) is 0 Å². The Kier molecular flexibility index (Phi) is 3.74. The number of benzene rings is 2. The van der Waals surface area contributed by atoms with Crippen molar-refractivity contribution in [1.29, 1.82) is 0 Å². The monoisotopic (exact) mass is 378 g/mol. The van der Waals surface area contributed by atoms with Crippen molar-refractivity contribution >= 4 is 33.6 Å². The Morgan fingerprint density at radius 3 is 2.50 bits per heavy atom. The molecule has 9 heteroatoms. The molecule has 0 amide bonds. The Hall–Kier alpha value is -4.01. The summed E-state index contributed by atoms with van der Waals surface area (Å²) >= 11 is 0. The average Bonchev–Trinajstić information content (AvgIpc) is 3.01. The number of nitrogens with one attached hydrogen (secondary N) is 2. The first-order chi connectivity index (χ1) is 13.3. The van der Waals surface area contributed by atoms with E-state index in [1.54, 1.807) is 12.1 Å². The van der Waals surface area contributed by atoms with E-state index in [-0.39, 0.29) is 28.0 Å². The minimum atomic E-state index is -1.20. The van der Waals surface area contributed by atoms with Crippen LogP contribution >= 0.6 is 0 Å². The van der Waals surface area contributed by atoms with Gasteiger partial charge < -0.3 is 15.1 Å². The van der Waals surface area contributed by atoms with Gasteiger partial charge in [0.2, 0.25) is 0 Å². The molecule has 0 radical (unpaired) electrons. The Bertz CT molecular complexity index is 1370. The summed E-state index contributed by atoms with van der Waals surface area (Å²) in [5.41, 5.74) is 2.06. The summed E-state index contributed by atoms with van der Waals surface area (Å²) in [6.07, 6.45) is 0. The summed E-state index contributed by atoms with van der Waals surface area (Å²) < 4.78 is 0. The second-order valence-corrected chi connectivity index (χ2v) is 6.54. The van der Waals surface area contributed by atoms with Crippen LogP contribution in [-0.4, -0.2) is 31.0 Å². The zero-order chi connectivity index (χ0) is 20.2. The first-order valence-electron chi connectivity index (χ1n) is 8.31. The van der Waals surface area contributed by atoms with Crippen molar-refractivity contribution in [1.82, 2.24) is 15.0 Å². The van der Waals surface area contributed by atoms with Crippen LogP contribution in [0.25, 0.3) is 33.3 Å². The minimum absolute atomic E-state index is 0.0658. The molecule has 0 saturated carbocycles. The van der Waals surface area contributed by atoms with Crippen LogP contribution in [0.4, 0.5) is 5.69 Å². The summed E-state index contributed by atoms with van der Waals surface area (Å²) in [4.78, 5) is 44.8. The smallest absolute Gasteiger partial charge is 0.335 e. The highest BCUT2D eigenvalue weighted by Gasteiger charge is 2.27. The number of aromatic amines is 2. The lowest BCUT2D eigenvalue weighted by Crippen LogP contribution is -2.12. The average molecular weight is 378 g/mol. The minimum Gasteiger partial charge on any atom is -0.478 e. The van der Waals surface area contributed by atoms with E-state index in [9.17, 15) is 19.7 Å². The highest BCUT2D eigenvalue weighted by atomic mass is 16.6. The molecule has 0 spiro atoms. The largest absolute Gasteiger partial charge is 0.478 e. The third-order valence-corrected chi connectivity index (χ3v) is 4.75. The van der Waals surface area contributed by atoms with Crippen molar-refractivity contribution in [3.8, 4) is 11.4 Å². The molecule has 9 nitrogen and oxygen atoms in total. The molecule has 0 unspecified atom stereocenters. The van der Waals surface area contributed by atoms with Gasteiger partial charge in [-0.05, 0) is 55.3 Å². The molecule has 2 heterocycles. The van der Waals surface area contributed by atoms with Crippen molar-refractivity contribution in [2.75, 3.05) is 0 Å². The maximum absolute atomic E-state index is 12.6. The first kappa shape index (κ1) is 17.4. The van der Waals surface area contributed by atoms with Crippen LogP contribution in [0.1, 0.15) is 21.5 Å². The first-order valence-corrected chi connectivity index (χ1v) is 8.31. The van der Waals surface area contributed by atoms with Crippen LogP contribution in [0.15, 0.2) is 35.1 Å². The van der Waals surface area contributed by atoms with Crippen LogP contribution < -0.4 is 5.56 Å². The third-order valence-electron chi connectivity index (χ3n) is 4.75. The number of carbonyl (C=O) groups is 1. The molecule has 0 fully saturated rings. The molecule has 0 aliphatic carbocycles. The number of aromatic carboxylic acids is 1. The zero-order valence-corrected chi connectivity index (χ0v) is 14.9. The number of nitrogens with zero attached hydrogens (tertiary/aromatic N) is 2. The molecule has 4 aromatic rings. The van der Waals surface area contributed by atoms with E-state index >= 15 is 0 Å². The number of fused-ring (bicyclic) bond motifs is 2. The lowest BCUT2D eigenvalue weighted by Gasteiger charge is -2.05. The third kappa shape index (κ3) is 2.60. The molecule has 0 atom stereocenters. The number of hydrogen-bond donors (Lipinski definition) is 3. The van der Waals surface area contributed by atoms with Gasteiger partial charge in [-0.3, -0.25) is 14.9 Å². The van der Waals surface area contributed by atoms with Gasteiger partial charge in [0.25, 0.3) is 5.56 Å². The Labute approximate surface area is 156 Å². The number of rotatable bonds is 3. The summed E-state index contributed by atoms with van der Waals surface area (Å²) in [6.45, 7) is 3.81. The molecular formula is C19H14N4O5. The van der Waals surface area contributed by atoms with Gasteiger partial charge in [0, 0.05) is 0 Å². The fourth-order valence-electron chi connectivity index (χ4n) is 3.19. The highest BCUT2D eigenvalue weighted by molar-refractivity contribution is 6.01. The van der Waals surface area contributed by atoms with E-state index in [2.05, 4.69) is 15.0 Å². The van der Waals surface area contributed by atoms with E-state index in [1.165, 1.54) is 18.2 Å². The number of hydrogen-bond acceptors (Lipinski definition) is 5. The number of aryl methyl sites for hydroxylation is 2. The normalized spacial score (nSPS) is 11.2. The SMILES string of the molecule is Cc1cc2nc(-c3[nH]c4ccc(C(=O)O)cc4c3[N+](=O)[O-])c(=O)[nH]c2cc1C.